The van der Waals surface area contributed by atoms with E-state index in [0.717, 1.165) is 19.4 Å². The highest BCUT2D eigenvalue weighted by atomic mass is 35.5. The molecule has 1 N–H and O–H groups in total. The number of hydrogen-bond donors (Lipinski definition) is 1. The Morgan fingerprint density at radius 1 is 1.53 bits per heavy atom. The summed E-state index contributed by atoms with van der Waals surface area (Å²) in [5.41, 5.74) is -0.0249. The zero-order valence-corrected chi connectivity index (χ0v) is 9.97. The van der Waals surface area contributed by atoms with Crippen LogP contribution in [0.2, 0.25) is 5.02 Å². The zero-order chi connectivity index (χ0) is 12.3. The van der Waals surface area contributed by atoms with Crippen molar-refractivity contribution < 1.29 is 13.9 Å². The van der Waals surface area contributed by atoms with Gasteiger partial charge in [-0.25, -0.2) is 4.39 Å². The van der Waals surface area contributed by atoms with Gasteiger partial charge >= 0.3 is 0 Å². The van der Waals surface area contributed by atoms with Crippen molar-refractivity contribution >= 4 is 17.5 Å². The third-order valence-electron chi connectivity index (χ3n) is 2.67. The monoisotopic (exact) mass is 257 g/mol. The molecule has 0 aromatic heterocycles. The number of halogens is 2. The van der Waals surface area contributed by atoms with Crippen LogP contribution in [-0.4, -0.2) is 25.2 Å². The van der Waals surface area contributed by atoms with Gasteiger partial charge in [0.15, 0.2) is 0 Å². The highest BCUT2D eigenvalue weighted by Crippen LogP contribution is 2.15. The fourth-order valence-corrected chi connectivity index (χ4v) is 1.96. The van der Waals surface area contributed by atoms with Gasteiger partial charge in [-0.1, -0.05) is 11.6 Å². The molecule has 1 aliphatic rings. The van der Waals surface area contributed by atoms with E-state index in [9.17, 15) is 9.18 Å². The molecule has 1 atom stereocenters. The molecule has 1 unspecified atom stereocenters. The van der Waals surface area contributed by atoms with Gasteiger partial charge in [0.2, 0.25) is 0 Å². The molecule has 1 aromatic carbocycles. The first-order valence-corrected chi connectivity index (χ1v) is 5.88. The standard InChI is InChI=1S/C12H13ClFNO2/c13-8-3-4-11(14)10(6-8)12(16)15-9-2-1-5-17-7-9/h3-4,6,9H,1-2,5,7H2,(H,15,16). The fourth-order valence-electron chi connectivity index (χ4n) is 1.79. The lowest BCUT2D eigenvalue weighted by Gasteiger charge is -2.23. The molecule has 1 heterocycles. The highest BCUT2D eigenvalue weighted by molar-refractivity contribution is 6.31. The molecule has 3 nitrogen and oxygen atoms in total. The molecular formula is C12H13ClFNO2. The molecule has 92 valence electrons. The Morgan fingerprint density at radius 2 is 2.35 bits per heavy atom. The Labute approximate surface area is 104 Å². The predicted molar refractivity (Wildman–Crippen MR) is 62.7 cm³/mol. The van der Waals surface area contributed by atoms with E-state index in [2.05, 4.69) is 5.32 Å². The maximum absolute atomic E-state index is 13.4. The maximum Gasteiger partial charge on any atom is 0.254 e. The van der Waals surface area contributed by atoms with Gasteiger partial charge in [0.05, 0.1) is 18.2 Å². The van der Waals surface area contributed by atoms with Crippen LogP contribution in [0, 0.1) is 5.82 Å². The van der Waals surface area contributed by atoms with Crippen molar-refractivity contribution in [2.24, 2.45) is 0 Å². The van der Waals surface area contributed by atoms with Crippen LogP contribution >= 0.6 is 11.6 Å². The maximum atomic E-state index is 13.4. The summed E-state index contributed by atoms with van der Waals surface area (Å²) in [6, 6.07) is 3.89. The van der Waals surface area contributed by atoms with E-state index in [1.54, 1.807) is 0 Å². The lowest BCUT2D eigenvalue weighted by Crippen LogP contribution is -2.40. The van der Waals surface area contributed by atoms with Gasteiger partial charge in [0.25, 0.3) is 5.91 Å². The summed E-state index contributed by atoms with van der Waals surface area (Å²) in [6.45, 7) is 1.20. The fraction of sp³-hybridized carbons (Fsp3) is 0.417. The lowest BCUT2D eigenvalue weighted by atomic mass is 10.1. The number of carbonyl (C=O) groups is 1. The van der Waals surface area contributed by atoms with E-state index < -0.39 is 11.7 Å². The molecule has 0 radical (unpaired) electrons. The first kappa shape index (κ1) is 12.3. The van der Waals surface area contributed by atoms with Crippen molar-refractivity contribution in [2.75, 3.05) is 13.2 Å². The summed E-state index contributed by atoms with van der Waals surface area (Å²) >= 11 is 5.73. The molecule has 0 aliphatic carbocycles. The van der Waals surface area contributed by atoms with Crippen molar-refractivity contribution in [3.63, 3.8) is 0 Å². The van der Waals surface area contributed by atoms with Crippen molar-refractivity contribution in [1.82, 2.24) is 5.32 Å². The number of amides is 1. The minimum absolute atomic E-state index is 0.0249. The van der Waals surface area contributed by atoms with Gasteiger partial charge in [-0.3, -0.25) is 4.79 Å². The quantitative estimate of drug-likeness (QED) is 0.884. The van der Waals surface area contributed by atoms with Crippen molar-refractivity contribution in [3.05, 3.63) is 34.6 Å². The summed E-state index contributed by atoms with van der Waals surface area (Å²) in [5, 5.41) is 3.08. The SMILES string of the molecule is O=C(NC1CCCOC1)c1cc(Cl)ccc1F. The Bertz CT molecular complexity index is 419. The van der Waals surface area contributed by atoms with Gasteiger partial charge in [-0.2, -0.15) is 0 Å². The average Bonchev–Trinajstić information content (AvgIpc) is 2.33. The van der Waals surface area contributed by atoms with Crippen LogP contribution in [0.25, 0.3) is 0 Å². The van der Waals surface area contributed by atoms with Crippen LogP contribution in [0.5, 0.6) is 0 Å². The number of nitrogens with one attached hydrogen (secondary N) is 1. The normalized spacial score (nSPS) is 20.0. The Balaban J connectivity index is 2.05. The van der Waals surface area contributed by atoms with Crippen LogP contribution in [0.4, 0.5) is 4.39 Å². The number of carbonyl (C=O) groups excluding carboxylic acids is 1. The molecule has 17 heavy (non-hydrogen) atoms. The minimum atomic E-state index is -0.566. The van der Waals surface area contributed by atoms with Gasteiger partial charge in [-0.05, 0) is 31.0 Å². The topological polar surface area (TPSA) is 38.3 Å². The van der Waals surface area contributed by atoms with E-state index >= 15 is 0 Å². The van der Waals surface area contributed by atoms with Crippen molar-refractivity contribution in [1.29, 1.82) is 0 Å². The summed E-state index contributed by atoms with van der Waals surface area (Å²) in [5.74, 6) is -1.01. The Morgan fingerprint density at radius 3 is 3.06 bits per heavy atom. The van der Waals surface area contributed by atoms with E-state index in [0.29, 0.717) is 11.6 Å². The Kier molecular flexibility index (Phi) is 3.97. The van der Waals surface area contributed by atoms with Gasteiger partial charge in [-0.15, -0.1) is 0 Å². The third-order valence-corrected chi connectivity index (χ3v) is 2.90. The summed E-state index contributed by atoms with van der Waals surface area (Å²) < 4.78 is 18.7. The molecule has 1 aromatic rings. The van der Waals surface area contributed by atoms with Crippen LogP contribution in [-0.2, 0) is 4.74 Å². The number of rotatable bonds is 2. The van der Waals surface area contributed by atoms with E-state index in [-0.39, 0.29) is 11.6 Å². The molecular weight excluding hydrogens is 245 g/mol. The smallest absolute Gasteiger partial charge is 0.254 e. The molecule has 1 fully saturated rings. The molecule has 0 bridgehead atoms. The summed E-state index contributed by atoms with van der Waals surface area (Å²) in [4.78, 5) is 11.8. The largest absolute Gasteiger partial charge is 0.379 e. The van der Waals surface area contributed by atoms with Gasteiger partial charge in [0.1, 0.15) is 5.82 Å². The van der Waals surface area contributed by atoms with Gasteiger partial charge in [0, 0.05) is 11.6 Å². The Hall–Kier alpha value is -1.13. The predicted octanol–water partition coefficient (Wildman–Crippen LogP) is 2.39. The lowest BCUT2D eigenvalue weighted by molar-refractivity contribution is 0.0622. The zero-order valence-electron chi connectivity index (χ0n) is 9.21. The second kappa shape index (κ2) is 5.47. The van der Waals surface area contributed by atoms with E-state index in [1.807, 2.05) is 0 Å². The first-order valence-electron chi connectivity index (χ1n) is 5.50. The van der Waals surface area contributed by atoms with Crippen LogP contribution < -0.4 is 5.32 Å². The summed E-state index contributed by atoms with van der Waals surface area (Å²) in [7, 11) is 0. The molecule has 1 amide bonds. The van der Waals surface area contributed by atoms with Crippen molar-refractivity contribution in [2.45, 2.75) is 18.9 Å². The molecule has 2 rings (SSSR count). The van der Waals surface area contributed by atoms with E-state index in [1.165, 1.54) is 18.2 Å². The third kappa shape index (κ3) is 3.17. The molecule has 0 spiro atoms. The second-order valence-corrected chi connectivity index (χ2v) is 4.45. The number of hydrogen-bond acceptors (Lipinski definition) is 2. The molecule has 0 saturated carbocycles. The van der Waals surface area contributed by atoms with Crippen LogP contribution in [0.15, 0.2) is 18.2 Å². The summed E-state index contributed by atoms with van der Waals surface area (Å²) in [6.07, 6.45) is 1.76. The minimum Gasteiger partial charge on any atom is -0.379 e. The first-order chi connectivity index (χ1) is 8.16. The molecule has 5 heteroatoms. The number of ether oxygens (including phenoxy) is 1. The van der Waals surface area contributed by atoms with Crippen molar-refractivity contribution in [3.8, 4) is 0 Å². The number of benzene rings is 1. The highest BCUT2D eigenvalue weighted by Gasteiger charge is 2.19. The second-order valence-electron chi connectivity index (χ2n) is 4.01. The van der Waals surface area contributed by atoms with E-state index in [4.69, 9.17) is 16.3 Å². The van der Waals surface area contributed by atoms with Gasteiger partial charge < -0.3 is 10.1 Å². The van der Waals surface area contributed by atoms with Crippen LogP contribution in [0.1, 0.15) is 23.2 Å². The molecule has 1 aliphatic heterocycles. The van der Waals surface area contributed by atoms with Crippen LogP contribution in [0.3, 0.4) is 0 Å². The molecule has 1 saturated heterocycles. The average molecular weight is 258 g/mol.